The number of hydrogen-bond acceptors (Lipinski definition) is 2. The zero-order valence-corrected chi connectivity index (χ0v) is 11.0. The van der Waals surface area contributed by atoms with Crippen LogP contribution in [0.4, 0.5) is 14.5 Å². The molecule has 0 aromatic heterocycles. The van der Waals surface area contributed by atoms with Gasteiger partial charge in [-0.05, 0) is 36.6 Å². The Hall–Kier alpha value is -2.10. The van der Waals surface area contributed by atoms with Crippen LogP contribution in [-0.2, 0) is 13.0 Å². The molecule has 1 aliphatic heterocycles. The molecule has 1 aliphatic rings. The Bertz CT molecular complexity index is 608. The molecule has 3 rings (SSSR count). The average Bonchev–Trinajstić information content (AvgIpc) is 2.47. The molecule has 4 heteroatoms. The van der Waals surface area contributed by atoms with Gasteiger partial charge in [-0.25, -0.2) is 8.78 Å². The Balaban J connectivity index is 1.82. The molecule has 0 amide bonds. The highest BCUT2D eigenvalue weighted by atomic mass is 19.1. The van der Waals surface area contributed by atoms with E-state index in [0.717, 1.165) is 25.1 Å². The van der Waals surface area contributed by atoms with E-state index in [2.05, 4.69) is 5.32 Å². The summed E-state index contributed by atoms with van der Waals surface area (Å²) in [7, 11) is 0. The molecule has 0 bridgehead atoms. The lowest BCUT2D eigenvalue weighted by Gasteiger charge is -2.21. The molecule has 0 saturated heterocycles. The van der Waals surface area contributed by atoms with Gasteiger partial charge in [0.2, 0.25) is 0 Å². The monoisotopic (exact) mass is 275 g/mol. The summed E-state index contributed by atoms with van der Waals surface area (Å²) < 4.78 is 32.7. The first-order valence-corrected chi connectivity index (χ1v) is 6.67. The van der Waals surface area contributed by atoms with Crippen LogP contribution < -0.4 is 10.1 Å². The summed E-state index contributed by atoms with van der Waals surface area (Å²) in [5.74, 6) is -0.518. The van der Waals surface area contributed by atoms with Gasteiger partial charge >= 0.3 is 0 Å². The molecule has 0 fully saturated rings. The second-order valence-electron chi connectivity index (χ2n) is 4.81. The van der Waals surface area contributed by atoms with E-state index in [9.17, 15) is 8.78 Å². The van der Waals surface area contributed by atoms with Crippen molar-refractivity contribution < 1.29 is 13.5 Å². The lowest BCUT2D eigenvalue weighted by atomic mass is 10.0. The van der Waals surface area contributed by atoms with Crippen LogP contribution in [0.25, 0.3) is 0 Å². The number of halogens is 2. The van der Waals surface area contributed by atoms with Crippen molar-refractivity contribution in [1.29, 1.82) is 0 Å². The van der Waals surface area contributed by atoms with E-state index >= 15 is 0 Å². The molecule has 0 saturated carbocycles. The number of para-hydroxylation sites is 1. The first-order valence-electron chi connectivity index (χ1n) is 6.67. The van der Waals surface area contributed by atoms with Gasteiger partial charge in [0.1, 0.15) is 24.0 Å². The van der Waals surface area contributed by atoms with E-state index in [4.69, 9.17) is 4.74 Å². The van der Waals surface area contributed by atoms with Crippen molar-refractivity contribution in [1.82, 2.24) is 0 Å². The molecule has 0 radical (unpaired) electrons. The van der Waals surface area contributed by atoms with Crippen molar-refractivity contribution in [3.05, 3.63) is 59.2 Å². The molecule has 0 spiro atoms. The van der Waals surface area contributed by atoms with Crippen LogP contribution in [0.2, 0.25) is 0 Å². The highest BCUT2D eigenvalue weighted by Crippen LogP contribution is 2.32. The summed E-state index contributed by atoms with van der Waals surface area (Å²) in [6, 6.07) is 9.58. The van der Waals surface area contributed by atoms with E-state index in [0.29, 0.717) is 5.75 Å². The van der Waals surface area contributed by atoms with Gasteiger partial charge < -0.3 is 10.1 Å². The first-order chi connectivity index (χ1) is 9.75. The number of aryl methyl sites for hydroxylation is 1. The van der Waals surface area contributed by atoms with Gasteiger partial charge in [-0.15, -0.1) is 0 Å². The maximum atomic E-state index is 13.6. The molecule has 0 unspecified atom stereocenters. The van der Waals surface area contributed by atoms with Gasteiger partial charge in [0.25, 0.3) is 0 Å². The fraction of sp³-hybridized carbons (Fsp3) is 0.250. The van der Waals surface area contributed by atoms with Crippen LogP contribution >= 0.6 is 0 Å². The quantitative estimate of drug-likeness (QED) is 0.917. The highest BCUT2D eigenvalue weighted by Gasteiger charge is 2.15. The number of rotatable bonds is 3. The van der Waals surface area contributed by atoms with E-state index in [1.807, 2.05) is 18.2 Å². The fourth-order valence-corrected chi connectivity index (χ4v) is 2.42. The molecule has 20 heavy (non-hydrogen) atoms. The standard InChI is InChI=1S/C16H15F2NO/c17-13-6-2-7-14(18)12(13)10-20-15-8-1-4-11-5-3-9-19-16(11)15/h1-2,4,6-8,19H,3,5,9-10H2. The minimum Gasteiger partial charge on any atom is -0.487 e. The first kappa shape index (κ1) is 12.9. The molecule has 1 heterocycles. The molecule has 2 aromatic rings. The van der Waals surface area contributed by atoms with E-state index < -0.39 is 11.6 Å². The van der Waals surface area contributed by atoms with Gasteiger partial charge in [-0.2, -0.15) is 0 Å². The minimum absolute atomic E-state index is 0.0408. The van der Waals surface area contributed by atoms with Crippen LogP contribution in [-0.4, -0.2) is 6.54 Å². The maximum Gasteiger partial charge on any atom is 0.143 e. The number of anilines is 1. The zero-order valence-electron chi connectivity index (χ0n) is 11.0. The second-order valence-corrected chi connectivity index (χ2v) is 4.81. The summed E-state index contributed by atoms with van der Waals surface area (Å²) in [5, 5.41) is 3.28. The van der Waals surface area contributed by atoms with Crippen LogP contribution in [0.1, 0.15) is 17.5 Å². The minimum atomic E-state index is -0.581. The van der Waals surface area contributed by atoms with E-state index in [1.54, 1.807) is 0 Å². The van der Waals surface area contributed by atoms with Crippen molar-refractivity contribution in [3.8, 4) is 5.75 Å². The molecule has 104 valence electrons. The van der Waals surface area contributed by atoms with Crippen LogP contribution in [0.5, 0.6) is 5.75 Å². The molecular formula is C16H15F2NO. The largest absolute Gasteiger partial charge is 0.487 e. The van der Waals surface area contributed by atoms with Crippen LogP contribution in [0.3, 0.4) is 0 Å². The number of hydrogen-bond donors (Lipinski definition) is 1. The average molecular weight is 275 g/mol. The van der Waals surface area contributed by atoms with Crippen molar-refractivity contribution in [3.63, 3.8) is 0 Å². The summed E-state index contributed by atoms with van der Waals surface area (Å²) >= 11 is 0. The third-order valence-electron chi connectivity index (χ3n) is 3.47. The maximum absolute atomic E-state index is 13.6. The van der Waals surface area contributed by atoms with Gasteiger partial charge in [0.05, 0.1) is 11.3 Å². The van der Waals surface area contributed by atoms with Gasteiger partial charge in [-0.1, -0.05) is 18.2 Å². The lowest BCUT2D eigenvalue weighted by molar-refractivity contribution is 0.293. The van der Waals surface area contributed by atoms with Gasteiger partial charge in [0.15, 0.2) is 0 Å². The molecule has 0 aliphatic carbocycles. The van der Waals surface area contributed by atoms with Crippen molar-refractivity contribution >= 4 is 5.69 Å². The fourth-order valence-electron chi connectivity index (χ4n) is 2.42. The summed E-state index contributed by atoms with van der Waals surface area (Å²) in [4.78, 5) is 0. The third-order valence-corrected chi connectivity index (χ3v) is 3.47. The van der Waals surface area contributed by atoms with Crippen molar-refractivity contribution in [2.24, 2.45) is 0 Å². The Morgan fingerprint density at radius 1 is 1.05 bits per heavy atom. The number of ether oxygens (including phenoxy) is 1. The normalized spacial score (nSPS) is 13.5. The third kappa shape index (κ3) is 2.46. The predicted octanol–water partition coefficient (Wildman–Crippen LogP) is 3.90. The molecule has 1 N–H and O–H groups in total. The number of benzene rings is 2. The van der Waals surface area contributed by atoms with E-state index in [-0.39, 0.29) is 12.2 Å². The van der Waals surface area contributed by atoms with Gasteiger partial charge in [0, 0.05) is 6.54 Å². The predicted molar refractivity (Wildman–Crippen MR) is 73.9 cm³/mol. The number of nitrogens with one attached hydrogen (secondary N) is 1. The zero-order chi connectivity index (χ0) is 13.9. The van der Waals surface area contributed by atoms with Crippen molar-refractivity contribution in [2.45, 2.75) is 19.4 Å². The SMILES string of the molecule is Fc1cccc(F)c1COc1cccc2c1NCCC2. The number of fused-ring (bicyclic) bond motifs is 1. The molecule has 2 aromatic carbocycles. The van der Waals surface area contributed by atoms with Crippen LogP contribution in [0, 0.1) is 11.6 Å². The molecular weight excluding hydrogens is 260 g/mol. The Morgan fingerprint density at radius 3 is 2.60 bits per heavy atom. The highest BCUT2D eigenvalue weighted by molar-refractivity contribution is 5.63. The summed E-state index contributed by atoms with van der Waals surface area (Å²) in [6.07, 6.45) is 2.08. The molecule has 0 atom stereocenters. The topological polar surface area (TPSA) is 21.3 Å². The second kappa shape index (κ2) is 5.49. The van der Waals surface area contributed by atoms with Gasteiger partial charge in [-0.3, -0.25) is 0 Å². The van der Waals surface area contributed by atoms with Crippen molar-refractivity contribution in [2.75, 3.05) is 11.9 Å². The summed E-state index contributed by atoms with van der Waals surface area (Å²) in [6.45, 7) is 0.776. The lowest BCUT2D eigenvalue weighted by Crippen LogP contribution is -2.13. The van der Waals surface area contributed by atoms with E-state index in [1.165, 1.54) is 23.8 Å². The van der Waals surface area contributed by atoms with Crippen LogP contribution in [0.15, 0.2) is 36.4 Å². The Labute approximate surface area is 116 Å². The Kier molecular flexibility index (Phi) is 3.54. The molecule has 2 nitrogen and oxygen atoms in total. The Morgan fingerprint density at radius 2 is 1.80 bits per heavy atom. The summed E-state index contributed by atoms with van der Waals surface area (Å²) in [5.41, 5.74) is 2.08. The smallest absolute Gasteiger partial charge is 0.143 e.